The summed E-state index contributed by atoms with van der Waals surface area (Å²) in [6, 6.07) is 9.76. The van der Waals surface area contributed by atoms with Crippen LogP contribution in [0.4, 0.5) is 11.4 Å². The van der Waals surface area contributed by atoms with E-state index in [1.54, 1.807) is 0 Å². The zero-order valence-corrected chi connectivity index (χ0v) is 10.3. The third-order valence-corrected chi connectivity index (χ3v) is 3.06. The summed E-state index contributed by atoms with van der Waals surface area (Å²) >= 11 is 0. The maximum Gasteiger partial charge on any atom is 0.145 e. The Bertz CT molecular complexity index is 544. The molecule has 1 heterocycles. The van der Waals surface area contributed by atoms with Crippen molar-refractivity contribution in [2.24, 2.45) is 0 Å². The van der Waals surface area contributed by atoms with Gasteiger partial charge in [-0.2, -0.15) is 10.5 Å². The molecule has 1 aliphatic heterocycles. The van der Waals surface area contributed by atoms with Crippen LogP contribution < -0.4 is 10.2 Å². The standard InChI is InChI=1S/C14H14N4/c1-18-6-2-3-12-4-5-13(7-14(12)18)17-10-11(8-15)9-16/h4-5,7,10,17H,2-3,6H2,1H3. The zero-order chi connectivity index (χ0) is 13.0. The van der Waals surface area contributed by atoms with Crippen LogP contribution in [0.2, 0.25) is 0 Å². The molecule has 4 nitrogen and oxygen atoms in total. The number of hydrogen-bond donors (Lipinski definition) is 1. The van der Waals surface area contributed by atoms with Gasteiger partial charge in [-0.25, -0.2) is 0 Å². The molecule has 0 saturated carbocycles. The lowest BCUT2D eigenvalue weighted by atomic mass is 10.0. The summed E-state index contributed by atoms with van der Waals surface area (Å²) in [7, 11) is 2.08. The molecule has 0 bridgehead atoms. The smallest absolute Gasteiger partial charge is 0.145 e. The number of anilines is 2. The second-order valence-corrected chi connectivity index (χ2v) is 4.29. The van der Waals surface area contributed by atoms with Gasteiger partial charge in [0, 0.05) is 31.2 Å². The van der Waals surface area contributed by atoms with Crippen molar-refractivity contribution in [3.63, 3.8) is 0 Å². The van der Waals surface area contributed by atoms with Gasteiger partial charge in [-0.05, 0) is 30.5 Å². The second-order valence-electron chi connectivity index (χ2n) is 4.29. The van der Waals surface area contributed by atoms with Crippen molar-refractivity contribution in [2.75, 3.05) is 23.8 Å². The first-order valence-corrected chi connectivity index (χ1v) is 5.85. The van der Waals surface area contributed by atoms with E-state index in [9.17, 15) is 0 Å². The molecule has 0 aliphatic carbocycles. The van der Waals surface area contributed by atoms with Crippen LogP contribution in [0, 0.1) is 22.7 Å². The molecule has 1 aliphatic rings. The third-order valence-electron chi connectivity index (χ3n) is 3.06. The lowest BCUT2D eigenvalue weighted by Crippen LogP contribution is -2.24. The van der Waals surface area contributed by atoms with Crippen LogP contribution in [0.15, 0.2) is 30.0 Å². The second kappa shape index (κ2) is 5.25. The molecule has 2 rings (SSSR count). The van der Waals surface area contributed by atoms with Crippen LogP contribution in [0.5, 0.6) is 0 Å². The summed E-state index contributed by atoms with van der Waals surface area (Å²) in [5, 5.41) is 20.3. The van der Waals surface area contributed by atoms with E-state index in [2.05, 4.69) is 29.4 Å². The number of benzene rings is 1. The van der Waals surface area contributed by atoms with Crippen LogP contribution in [0.1, 0.15) is 12.0 Å². The molecule has 4 heteroatoms. The number of hydrogen-bond acceptors (Lipinski definition) is 4. The van der Waals surface area contributed by atoms with E-state index >= 15 is 0 Å². The first-order chi connectivity index (χ1) is 8.74. The Kier molecular flexibility index (Phi) is 3.50. The molecule has 0 radical (unpaired) electrons. The molecule has 0 unspecified atom stereocenters. The topological polar surface area (TPSA) is 62.9 Å². The van der Waals surface area contributed by atoms with Crippen molar-refractivity contribution in [1.82, 2.24) is 0 Å². The Hall–Kier alpha value is -2.46. The van der Waals surface area contributed by atoms with Gasteiger partial charge in [-0.1, -0.05) is 6.07 Å². The summed E-state index contributed by atoms with van der Waals surface area (Å²) < 4.78 is 0. The summed E-state index contributed by atoms with van der Waals surface area (Å²) in [5.74, 6) is 0. The number of fused-ring (bicyclic) bond motifs is 1. The summed E-state index contributed by atoms with van der Waals surface area (Å²) in [6.07, 6.45) is 3.73. The predicted octanol–water partition coefficient (Wildman–Crippen LogP) is 2.41. The largest absolute Gasteiger partial charge is 0.374 e. The van der Waals surface area contributed by atoms with E-state index in [1.165, 1.54) is 23.9 Å². The van der Waals surface area contributed by atoms with Crippen LogP contribution in [0.25, 0.3) is 0 Å². The van der Waals surface area contributed by atoms with Gasteiger partial charge in [-0.15, -0.1) is 0 Å². The predicted molar refractivity (Wildman–Crippen MR) is 71.0 cm³/mol. The minimum Gasteiger partial charge on any atom is -0.374 e. The molecule has 90 valence electrons. The van der Waals surface area contributed by atoms with Crippen molar-refractivity contribution in [2.45, 2.75) is 12.8 Å². The molecule has 18 heavy (non-hydrogen) atoms. The minimum absolute atomic E-state index is 0.0704. The highest BCUT2D eigenvalue weighted by Crippen LogP contribution is 2.28. The minimum atomic E-state index is 0.0704. The molecule has 0 amide bonds. The van der Waals surface area contributed by atoms with Crippen LogP contribution in [-0.2, 0) is 6.42 Å². The molecule has 0 spiro atoms. The van der Waals surface area contributed by atoms with Gasteiger partial charge in [0.15, 0.2) is 0 Å². The molecule has 1 N–H and O–H groups in total. The number of rotatable bonds is 2. The Morgan fingerprint density at radius 2 is 2.17 bits per heavy atom. The van der Waals surface area contributed by atoms with Gasteiger partial charge >= 0.3 is 0 Å². The summed E-state index contributed by atoms with van der Waals surface area (Å²) in [6.45, 7) is 1.06. The Labute approximate surface area is 107 Å². The van der Waals surface area contributed by atoms with Gasteiger partial charge in [0.2, 0.25) is 0 Å². The normalized spacial score (nSPS) is 12.9. The highest BCUT2D eigenvalue weighted by Gasteiger charge is 2.13. The number of nitrogens with zero attached hydrogens (tertiary/aromatic N) is 3. The van der Waals surface area contributed by atoms with Gasteiger partial charge in [0.1, 0.15) is 17.7 Å². The van der Waals surface area contributed by atoms with Crippen molar-refractivity contribution in [1.29, 1.82) is 10.5 Å². The highest BCUT2D eigenvalue weighted by atomic mass is 15.1. The molecular weight excluding hydrogens is 224 g/mol. The van der Waals surface area contributed by atoms with Gasteiger partial charge in [-0.3, -0.25) is 0 Å². The third kappa shape index (κ3) is 2.44. The Balaban J connectivity index is 2.22. The average molecular weight is 238 g/mol. The van der Waals surface area contributed by atoms with E-state index < -0.39 is 0 Å². The summed E-state index contributed by atoms with van der Waals surface area (Å²) in [4.78, 5) is 2.23. The Morgan fingerprint density at radius 3 is 2.89 bits per heavy atom. The number of allylic oxidation sites excluding steroid dienone is 1. The maximum absolute atomic E-state index is 8.65. The zero-order valence-electron chi connectivity index (χ0n) is 10.3. The van der Waals surface area contributed by atoms with Crippen LogP contribution >= 0.6 is 0 Å². The molecule has 0 atom stereocenters. The average Bonchev–Trinajstić information content (AvgIpc) is 2.41. The molecule has 0 saturated heterocycles. The lowest BCUT2D eigenvalue weighted by molar-refractivity contribution is 0.745. The molecule has 1 aromatic carbocycles. The molecule has 0 aromatic heterocycles. The van der Waals surface area contributed by atoms with Crippen LogP contribution in [0.3, 0.4) is 0 Å². The van der Waals surface area contributed by atoms with E-state index in [0.717, 1.165) is 18.7 Å². The van der Waals surface area contributed by atoms with Gasteiger partial charge in [0.05, 0.1) is 0 Å². The highest BCUT2D eigenvalue weighted by molar-refractivity contribution is 5.64. The van der Waals surface area contributed by atoms with Crippen molar-refractivity contribution in [3.05, 3.63) is 35.5 Å². The van der Waals surface area contributed by atoms with Crippen molar-refractivity contribution < 1.29 is 0 Å². The fourth-order valence-corrected chi connectivity index (χ4v) is 2.09. The van der Waals surface area contributed by atoms with E-state index in [0.29, 0.717) is 0 Å². The van der Waals surface area contributed by atoms with Gasteiger partial charge < -0.3 is 10.2 Å². The number of nitriles is 2. The quantitative estimate of drug-likeness (QED) is 0.804. The maximum atomic E-state index is 8.65. The summed E-state index contributed by atoms with van der Waals surface area (Å²) in [5.41, 5.74) is 3.53. The van der Waals surface area contributed by atoms with Crippen molar-refractivity contribution >= 4 is 11.4 Å². The lowest BCUT2D eigenvalue weighted by Gasteiger charge is -2.27. The molecule has 0 fully saturated rings. The van der Waals surface area contributed by atoms with Crippen molar-refractivity contribution in [3.8, 4) is 12.1 Å². The number of aryl methyl sites for hydroxylation is 1. The first kappa shape index (κ1) is 12.0. The first-order valence-electron chi connectivity index (χ1n) is 5.85. The van der Waals surface area contributed by atoms with E-state index in [4.69, 9.17) is 10.5 Å². The van der Waals surface area contributed by atoms with Crippen LogP contribution in [-0.4, -0.2) is 13.6 Å². The number of nitrogens with one attached hydrogen (secondary N) is 1. The fraction of sp³-hybridized carbons (Fsp3) is 0.286. The SMILES string of the molecule is CN1CCCc2ccc(NC=C(C#N)C#N)cc21. The molecular formula is C14H14N4. The monoisotopic (exact) mass is 238 g/mol. The van der Waals surface area contributed by atoms with Gasteiger partial charge in [0.25, 0.3) is 0 Å². The fourth-order valence-electron chi connectivity index (χ4n) is 2.09. The molecule has 1 aromatic rings. The van der Waals surface area contributed by atoms with E-state index in [1.807, 2.05) is 18.2 Å². The van der Waals surface area contributed by atoms with E-state index in [-0.39, 0.29) is 5.57 Å². The Morgan fingerprint density at radius 1 is 1.39 bits per heavy atom.